The average Bonchev–Trinajstić information content (AvgIpc) is 2.55. The average molecular weight is 280 g/mol. The highest BCUT2D eigenvalue weighted by Gasteiger charge is 2.38. The van der Waals surface area contributed by atoms with Crippen molar-refractivity contribution in [3.8, 4) is 0 Å². The molecule has 1 aliphatic heterocycles. The van der Waals surface area contributed by atoms with Gasteiger partial charge in [-0.3, -0.25) is 4.90 Å². The third kappa shape index (κ3) is 3.56. The van der Waals surface area contributed by atoms with Gasteiger partial charge in [0.2, 0.25) is 0 Å². The minimum atomic E-state index is -4.49. The van der Waals surface area contributed by atoms with E-state index in [4.69, 9.17) is 5.73 Å². The highest BCUT2D eigenvalue weighted by atomic mass is 19.4. The van der Waals surface area contributed by atoms with Crippen molar-refractivity contribution in [2.75, 3.05) is 18.8 Å². The molecule has 106 valence electrons. The SMILES string of the molecule is Nc1cc(CN2CCC(F)(F)C2)cc(C(F)(F)F)c1. The van der Waals surface area contributed by atoms with Crippen molar-refractivity contribution in [3.05, 3.63) is 29.3 Å². The third-order valence-electron chi connectivity index (χ3n) is 3.00. The zero-order valence-electron chi connectivity index (χ0n) is 9.97. The number of hydrogen-bond acceptors (Lipinski definition) is 2. The highest BCUT2D eigenvalue weighted by Crippen LogP contribution is 2.33. The number of nitrogens with two attached hydrogens (primary N) is 1. The molecule has 0 saturated carbocycles. The maximum Gasteiger partial charge on any atom is 0.416 e. The second kappa shape index (κ2) is 4.63. The molecule has 2 rings (SSSR count). The first-order valence-electron chi connectivity index (χ1n) is 5.72. The van der Waals surface area contributed by atoms with E-state index in [1.54, 1.807) is 0 Å². The van der Waals surface area contributed by atoms with E-state index in [0.717, 1.165) is 12.1 Å². The molecular weight excluding hydrogens is 267 g/mol. The molecule has 19 heavy (non-hydrogen) atoms. The number of anilines is 1. The van der Waals surface area contributed by atoms with Gasteiger partial charge in [-0.1, -0.05) is 0 Å². The Morgan fingerprint density at radius 2 is 1.89 bits per heavy atom. The Labute approximate surface area is 107 Å². The Kier molecular flexibility index (Phi) is 3.42. The molecule has 1 heterocycles. The Morgan fingerprint density at radius 1 is 1.21 bits per heavy atom. The number of halogens is 5. The van der Waals surface area contributed by atoms with Crippen LogP contribution in [0.2, 0.25) is 0 Å². The predicted octanol–water partition coefficient (Wildman–Crippen LogP) is 3.13. The zero-order chi connectivity index (χ0) is 14.3. The Hall–Kier alpha value is -1.37. The zero-order valence-corrected chi connectivity index (χ0v) is 9.97. The fraction of sp³-hybridized carbons (Fsp3) is 0.500. The fourth-order valence-corrected chi connectivity index (χ4v) is 2.17. The highest BCUT2D eigenvalue weighted by molar-refractivity contribution is 5.45. The number of likely N-dealkylation sites (tertiary alicyclic amines) is 1. The summed E-state index contributed by atoms with van der Waals surface area (Å²) in [5, 5.41) is 0. The van der Waals surface area contributed by atoms with Gasteiger partial charge < -0.3 is 5.73 Å². The van der Waals surface area contributed by atoms with Crippen LogP contribution < -0.4 is 5.73 Å². The lowest BCUT2D eigenvalue weighted by molar-refractivity contribution is -0.137. The number of hydrogen-bond donors (Lipinski definition) is 1. The summed E-state index contributed by atoms with van der Waals surface area (Å²) >= 11 is 0. The molecular formula is C12H13F5N2. The summed E-state index contributed by atoms with van der Waals surface area (Å²) in [7, 11) is 0. The van der Waals surface area contributed by atoms with Gasteiger partial charge in [0.25, 0.3) is 5.92 Å². The van der Waals surface area contributed by atoms with Crippen molar-refractivity contribution in [2.24, 2.45) is 0 Å². The van der Waals surface area contributed by atoms with E-state index in [9.17, 15) is 22.0 Å². The van der Waals surface area contributed by atoms with Gasteiger partial charge in [0, 0.05) is 25.2 Å². The van der Waals surface area contributed by atoms with Crippen molar-refractivity contribution >= 4 is 5.69 Å². The van der Waals surface area contributed by atoms with Gasteiger partial charge in [-0.05, 0) is 23.8 Å². The molecule has 2 nitrogen and oxygen atoms in total. The van der Waals surface area contributed by atoms with Crippen LogP contribution >= 0.6 is 0 Å². The van der Waals surface area contributed by atoms with E-state index >= 15 is 0 Å². The molecule has 0 atom stereocenters. The second-order valence-electron chi connectivity index (χ2n) is 4.78. The van der Waals surface area contributed by atoms with Crippen LogP contribution in [0.3, 0.4) is 0 Å². The van der Waals surface area contributed by atoms with Crippen molar-refractivity contribution in [2.45, 2.75) is 25.1 Å². The van der Waals surface area contributed by atoms with Gasteiger partial charge in [-0.2, -0.15) is 13.2 Å². The lowest BCUT2D eigenvalue weighted by atomic mass is 10.1. The van der Waals surface area contributed by atoms with Gasteiger partial charge in [0.05, 0.1) is 12.1 Å². The van der Waals surface area contributed by atoms with Crippen LogP contribution in [0.25, 0.3) is 0 Å². The first-order valence-corrected chi connectivity index (χ1v) is 5.72. The van der Waals surface area contributed by atoms with Crippen molar-refractivity contribution in [1.29, 1.82) is 0 Å². The molecule has 0 radical (unpaired) electrons. The lowest BCUT2D eigenvalue weighted by Gasteiger charge is -2.17. The summed E-state index contributed by atoms with van der Waals surface area (Å²) in [4.78, 5) is 1.43. The molecule has 1 fully saturated rings. The van der Waals surface area contributed by atoms with Crippen LogP contribution in [-0.4, -0.2) is 23.9 Å². The lowest BCUT2D eigenvalue weighted by Crippen LogP contribution is -2.25. The minimum absolute atomic E-state index is 0.0178. The second-order valence-corrected chi connectivity index (χ2v) is 4.78. The predicted molar refractivity (Wildman–Crippen MR) is 60.7 cm³/mol. The van der Waals surface area contributed by atoms with Gasteiger partial charge in [-0.15, -0.1) is 0 Å². The van der Waals surface area contributed by atoms with E-state index in [-0.39, 0.29) is 25.2 Å². The molecule has 0 aliphatic carbocycles. The molecule has 1 aromatic rings. The third-order valence-corrected chi connectivity index (χ3v) is 3.00. The van der Waals surface area contributed by atoms with Crippen molar-refractivity contribution < 1.29 is 22.0 Å². The van der Waals surface area contributed by atoms with Crippen LogP contribution in [0, 0.1) is 0 Å². The monoisotopic (exact) mass is 280 g/mol. The molecule has 0 aromatic heterocycles. The normalized spacial score (nSPS) is 19.8. The van der Waals surface area contributed by atoms with Crippen LogP contribution in [0.15, 0.2) is 18.2 Å². The molecule has 1 saturated heterocycles. The molecule has 0 spiro atoms. The van der Waals surface area contributed by atoms with E-state index < -0.39 is 24.2 Å². The first kappa shape index (κ1) is 14.0. The Morgan fingerprint density at radius 3 is 2.42 bits per heavy atom. The first-order chi connectivity index (χ1) is 8.66. The van der Waals surface area contributed by atoms with Crippen LogP contribution in [-0.2, 0) is 12.7 Å². The van der Waals surface area contributed by atoms with E-state index in [2.05, 4.69) is 0 Å². The molecule has 7 heteroatoms. The largest absolute Gasteiger partial charge is 0.416 e. The van der Waals surface area contributed by atoms with Crippen LogP contribution in [0.4, 0.5) is 27.6 Å². The van der Waals surface area contributed by atoms with Gasteiger partial charge in [0.15, 0.2) is 0 Å². The van der Waals surface area contributed by atoms with E-state index in [0.29, 0.717) is 5.56 Å². The smallest absolute Gasteiger partial charge is 0.399 e. The number of nitrogen functional groups attached to an aromatic ring is 1. The Bertz CT molecular complexity index is 470. The van der Waals surface area contributed by atoms with Crippen molar-refractivity contribution in [1.82, 2.24) is 4.90 Å². The van der Waals surface area contributed by atoms with Gasteiger partial charge in [0.1, 0.15) is 0 Å². The molecule has 1 aromatic carbocycles. The summed E-state index contributed by atoms with van der Waals surface area (Å²) in [6, 6.07) is 3.17. The number of benzene rings is 1. The number of rotatable bonds is 2. The van der Waals surface area contributed by atoms with Gasteiger partial charge >= 0.3 is 6.18 Å². The standard InChI is InChI=1S/C12H13F5N2/c13-11(14)1-2-19(7-11)6-8-3-9(12(15,16)17)5-10(18)4-8/h3-5H,1-2,6-7,18H2. The summed E-state index contributed by atoms with van der Waals surface area (Å²) in [5.74, 6) is -2.76. The van der Waals surface area contributed by atoms with Crippen LogP contribution in [0.5, 0.6) is 0 Å². The topological polar surface area (TPSA) is 29.3 Å². The van der Waals surface area contributed by atoms with Gasteiger partial charge in [-0.25, -0.2) is 8.78 Å². The summed E-state index contributed by atoms with van der Waals surface area (Å²) in [6.45, 7) is -0.212. The molecule has 0 unspecified atom stereocenters. The number of nitrogens with zero attached hydrogens (tertiary/aromatic N) is 1. The minimum Gasteiger partial charge on any atom is -0.399 e. The summed E-state index contributed by atoms with van der Waals surface area (Å²) in [5.41, 5.74) is 4.84. The Balaban J connectivity index is 2.15. The maximum atomic E-state index is 13.0. The summed E-state index contributed by atoms with van der Waals surface area (Å²) < 4.78 is 63.8. The van der Waals surface area contributed by atoms with E-state index in [1.165, 1.54) is 11.0 Å². The number of alkyl halides is 5. The van der Waals surface area contributed by atoms with E-state index in [1.807, 2.05) is 0 Å². The summed E-state index contributed by atoms with van der Waals surface area (Å²) in [6.07, 6.45) is -4.75. The molecule has 0 amide bonds. The fourth-order valence-electron chi connectivity index (χ4n) is 2.17. The molecule has 0 bridgehead atoms. The molecule has 2 N–H and O–H groups in total. The quantitative estimate of drug-likeness (QED) is 0.666. The molecule has 1 aliphatic rings. The van der Waals surface area contributed by atoms with Crippen molar-refractivity contribution in [3.63, 3.8) is 0 Å². The van der Waals surface area contributed by atoms with Crippen LogP contribution in [0.1, 0.15) is 17.5 Å². The maximum absolute atomic E-state index is 13.0.